The molecule has 1 aromatic rings. The molecule has 0 spiro atoms. The van der Waals surface area contributed by atoms with Gasteiger partial charge in [0.1, 0.15) is 30.5 Å². The summed E-state index contributed by atoms with van der Waals surface area (Å²) in [6.45, 7) is 4.88. The van der Waals surface area contributed by atoms with E-state index in [-0.39, 0.29) is 19.0 Å². The summed E-state index contributed by atoms with van der Waals surface area (Å²) in [5.74, 6) is -0.248. The number of aliphatic hydroxyl groups is 1. The van der Waals surface area contributed by atoms with Gasteiger partial charge in [0.25, 0.3) is 0 Å². The fraction of sp³-hybridized carbons (Fsp3) is 0.727. The maximum Gasteiger partial charge on any atom is 0.147 e. The Bertz CT molecular complexity index is 557. The van der Waals surface area contributed by atoms with E-state index >= 15 is 0 Å². The third kappa shape index (κ3) is 5.98. The van der Waals surface area contributed by atoms with Crippen molar-refractivity contribution >= 4 is 0 Å². The average molecular weight is 381 g/mol. The first-order valence-electron chi connectivity index (χ1n) is 10.9. The number of piperidine rings is 1. The second-order valence-electron chi connectivity index (χ2n) is 8.49. The van der Waals surface area contributed by atoms with E-state index in [2.05, 4.69) is 5.32 Å². The van der Waals surface area contributed by atoms with Crippen molar-refractivity contribution < 1.29 is 24.5 Å². The molecule has 1 aliphatic heterocycles. The van der Waals surface area contributed by atoms with Gasteiger partial charge in [0.05, 0.1) is 26.3 Å². The Morgan fingerprint density at radius 3 is 2.52 bits per heavy atom. The standard InChI is InChI=1S/C22H35FN2O2/c23-21-10-4-3-9-19(21)16-27-17-20(26)15-24-18-22(11-5-1-6-12-22)25-13-7-2-8-14-25/h3-4,9-10,20,24,26H,1-2,5-8,11-18H2/p+2/t20-/m1/s1. The van der Waals surface area contributed by atoms with Crippen LogP contribution in [0.2, 0.25) is 0 Å². The molecule has 1 saturated carbocycles. The second-order valence-corrected chi connectivity index (χ2v) is 8.49. The van der Waals surface area contributed by atoms with Gasteiger partial charge in [-0.05, 0) is 38.2 Å². The van der Waals surface area contributed by atoms with Crippen LogP contribution < -0.4 is 10.2 Å². The van der Waals surface area contributed by atoms with Crippen molar-refractivity contribution in [2.75, 3.05) is 32.8 Å². The highest BCUT2D eigenvalue weighted by molar-refractivity contribution is 5.16. The van der Waals surface area contributed by atoms with Gasteiger partial charge in [-0.15, -0.1) is 0 Å². The van der Waals surface area contributed by atoms with Crippen molar-refractivity contribution in [3.8, 4) is 0 Å². The molecule has 2 aliphatic rings. The highest BCUT2D eigenvalue weighted by atomic mass is 19.1. The summed E-state index contributed by atoms with van der Waals surface area (Å²) >= 11 is 0. The van der Waals surface area contributed by atoms with E-state index in [1.807, 2.05) is 4.90 Å². The second kappa shape index (κ2) is 10.5. The van der Waals surface area contributed by atoms with Crippen molar-refractivity contribution in [2.24, 2.45) is 0 Å². The smallest absolute Gasteiger partial charge is 0.147 e. The summed E-state index contributed by atoms with van der Waals surface area (Å²) < 4.78 is 19.1. The van der Waals surface area contributed by atoms with Crippen molar-refractivity contribution in [3.05, 3.63) is 35.6 Å². The quantitative estimate of drug-likeness (QED) is 0.600. The summed E-state index contributed by atoms with van der Waals surface area (Å²) in [5, 5.41) is 12.6. The lowest BCUT2D eigenvalue weighted by atomic mass is 9.79. The highest BCUT2D eigenvalue weighted by Gasteiger charge is 2.43. The maximum absolute atomic E-state index is 13.6. The number of nitrogens with one attached hydrogen (secondary N) is 1. The molecule has 152 valence electrons. The third-order valence-electron chi connectivity index (χ3n) is 6.52. The van der Waals surface area contributed by atoms with Gasteiger partial charge in [-0.3, -0.25) is 0 Å². The molecule has 1 aliphatic carbocycles. The molecule has 5 heteroatoms. The topological polar surface area (TPSA) is 50.5 Å². The van der Waals surface area contributed by atoms with Crippen LogP contribution in [0.15, 0.2) is 24.3 Å². The molecule has 0 aromatic heterocycles. The minimum Gasteiger partial charge on any atom is -0.385 e. The van der Waals surface area contributed by atoms with Crippen LogP contribution in [-0.2, 0) is 11.3 Å². The number of rotatable bonds is 9. The van der Waals surface area contributed by atoms with E-state index in [0.29, 0.717) is 17.6 Å². The van der Waals surface area contributed by atoms with Crippen molar-refractivity contribution in [3.63, 3.8) is 0 Å². The van der Waals surface area contributed by atoms with Crippen molar-refractivity contribution in [1.29, 1.82) is 0 Å². The van der Waals surface area contributed by atoms with Gasteiger partial charge in [0.15, 0.2) is 0 Å². The van der Waals surface area contributed by atoms with Gasteiger partial charge in [0, 0.05) is 18.4 Å². The average Bonchev–Trinajstić information content (AvgIpc) is 2.71. The molecule has 4 nitrogen and oxygen atoms in total. The molecule has 0 radical (unpaired) electrons. The zero-order chi connectivity index (χ0) is 19.0. The molecule has 3 rings (SSSR count). The number of hydrogen-bond acceptors (Lipinski definition) is 2. The molecule has 1 saturated heterocycles. The van der Waals surface area contributed by atoms with Gasteiger partial charge < -0.3 is 20.1 Å². The minimum atomic E-state index is -0.506. The van der Waals surface area contributed by atoms with Crippen LogP contribution in [0.4, 0.5) is 4.39 Å². The van der Waals surface area contributed by atoms with Crippen molar-refractivity contribution in [1.82, 2.24) is 0 Å². The molecular weight excluding hydrogens is 343 g/mol. The van der Waals surface area contributed by atoms with Crippen LogP contribution in [0.5, 0.6) is 0 Å². The Labute approximate surface area is 163 Å². The number of halogens is 1. The van der Waals surface area contributed by atoms with Crippen LogP contribution in [0, 0.1) is 5.82 Å². The van der Waals surface area contributed by atoms with E-state index < -0.39 is 6.10 Å². The van der Waals surface area contributed by atoms with E-state index in [1.165, 1.54) is 70.5 Å². The first-order chi connectivity index (χ1) is 13.2. The molecule has 1 aromatic carbocycles. The summed E-state index contributed by atoms with van der Waals surface area (Å²) in [4.78, 5) is 1.81. The van der Waals surface area contributed by atoms with Gasteiger partial charge in [-0.2, -0.15) is 0 Å². The van der Waals surface area contributed by atoms with Gasteiger partial charge in [-0.25, -0.2) is 4.39 Å². The van der Waals surface area contributed by atoms with E-state index in [9.17, 15) is 9.50 Å². The Kier molecular flexibility index (Phi) is 8.07. The van der Waals surface area contributed by atoms with E-state index in [4.69, 9.17) is 4.74 Å². The SMILES string of the molecule is O[C@H](C[NH2+]CC1([NH+]2CCCCC2)CCCCC1)COCc1ccccc1F. The molecular formula is C22H37FN2O2+2. The molecule has 1 atom stereocenters. The largest absolute Gasteiger partial charge is 0.385 e. The van der Waals surface area contributed by atoms with Crippen LogP contribution in [0.25, 0.3) is 0 Å². The van der Waals surface area contributed by atoms with Gasteiger partial charge in [0.2, 0.25) is 0 Å². The lowest BCUT2D eigenvalue weighted by Crippen LogP contribution is -3.24. The third-order valence-corrected chi connectivity index (χ3v) is 6.52. The molecule has 4 N–H and O–H groups in total. The number of hydrogen-bond donors (Lipinski definition) is 3. The highest BCUT2D eigenvalue weighted by Crippen LogP contribution is 2.25. The predicted octanol–water partition coefficient (Wildman–Crippen LogP) is 1.04. The van der Waals surface area contributed by atoms with Gasteiger partial charge in [-0.1, -0.05) is 24.6 Å². The van der Waals surface area contributed by atoms with E-state index in [0.717, 1.165) is 6.54 Å². The first-order valence-corrected chi connectivity index (χ1v) is 10.9. The molecule has 1 heterocycles. The summed E-state index contributed by atoms with van der Waals surface area (Å²) in [7, 11) is 0. The number of quaternary nitrogens is 2. The summed E-state index contributed by atoms with van der Waals surface area (Å²) in [6, 6.07) is 6.64. The fourth-order valence-corrected chi connectivity index (χ4v) is 4.98. The number of benzene rings is 1. The zero-order valence-electron chi connectivity index (χ0n) is 16.6. The number of ether oxygens (including phenoxy) is 1. The lowest BCUT2D eigenvalue weighted by Gasteiger charge is -2.43. The van der Waals surface area contributed by atoms with Crippen LogP contribution in [0.1, 0.15) is 56.9 Å². The Balaban J connectivity index is 1.40. The normalized spacial score (nSPS) is 21.9. The Hall–Kier alpha value is -1.01. The number of aliphatic hydroxyl groups excluding tert-OH is 1. The Morgan fingerprint density at radius 2 is 1.78 bits per heavy atom. The summed E-state index contributed by atoms with van der Waals surface area (Å²) in [6.07, 6.45) is 10.4. The van der Waals surface area contributed by atoms with Crippen LogP contribution in [0.3, 0.4) is 0 Å². The molecule has 0 amide bonds. The van der Waals surface area contributed by atoms with Crippen LogP contribution >= 0.6 is 0 Å². The predicted molar refractivity (Wildman–Crippen MR) is 104 cm³/mol. The monoisotopic (exact) mass is 380 g/mol. The molecule has 2 fully saturated rings. The summed E-state index contributed by atoms with van der Waals surface area (Å²) in [5.41, 5.74) is 0.954. The molecule has 27 heavy (non-hydrogen) atoms. The molecule has 0 bridgehead atoms. The first kappa shape index (κ1) is 20.7. The number of nitrogens with two attached hydrogens (primary N) is 1. The van der Waals surface area contributed by atoms with Gasteiger partial charge >= 0.3 is 0 Å². The zero-order valence-corrected chi connectivity index (χ0v) is 16.6. The van der Waals surface area contributed by atoms with Crippen LogP contribution in [-0.4, -0.2) is 49.5 Å². The van der Waals surface area contributed by atoms with E-state index in [1.54, 1.807) is 18.2 Å². The fourth-order valence-electron chi connectivity index (χ4n) is 4.98. The van der Waals surface area contributed by atoms with Crippen molar-refractivity contribution in [2.45, 2.75) is 69.6 Å². The number of likely N-dealkylation sites (tertiary alicyclic amines) is 1. The molecule has 0 unspecified atom stereocenters. The maximum atomic E-state index is 13.6. The lowest BCUT2D eigenvalue weighted by molar-refractivity contribution is -0.972. The minimum absolute atomic E-state index is 0.214. The Morgan fingerprint density at radius 1 is 1.07 bits per heavy atom.